The quantitative estimate of drug-likeness (QED) is 0.632. The summed E-state index contributed by atoms with van der Waals surface area (Å²) in [5.74, 6) is 0.496. The smallest absolute Gasteiger partial charge is 0.0437 e. The van der Waals surface area contributed by atoms with Crippen molar-refractivity contribution in [2.75, 3.05) is 42.3 Å². The van der Waals surface area contributed by atoms with E-state index in [9.17, 15) is 0 Å². The van der Waals surface area contributed by atoms with E-state index in [1.54, 1.807) is 0 Å². The zero-order valence-electron chi connectivity index (χ0n) is 15.3. The first-order valence-electron chi connectivity index (χ1n) is 7.93. The molecule has 1 aliphatic rings. The first kappa shape index (κ1) is 18.8. The normalized spacial score (nSPS) is 31.7. The molecule has 1 heterocycles. The number of hydrogen-bond acceptors (Lipinski definition) is 6. The Hall–Kier alpha value is -0.240. The molecule has 6 nitrogen and oxygen atoms in total. The van der Waals surface area contributed by atoms with E-state index in [2.05, 4.69) is 94.1 Å². The third kappa shape index (κ3) is 4.37. The van der Waals surface area contributed by atoms with Gasteiger partial charge in [-0.05, 0) is 63.1 Å². The topological polar surface area (TPSA) is 45.8 Å². The van der Waals surface area contributed by atoms with Crippen molar-refractivity contribution in [1.29, 1.82) is 0 Å². The van der Waals surface area contributed by atoms with Gasteiger partial charge in [-0.1, -0.05) is 0 Å². The van der Waals surface area contributed by atoms with E-state index in [-0.39, 0.29) is 0 Å². The molecule has 0 aromatic rings. The lowest BCUT2D eigenvalue weighted by atomic mass is 9.78. The maximum absolute atomic E-state index is 3.46. The Labute approximate surface area is 131 Å². The van der Waals surface area contributed by atoms with Crippen molar-refractivity contribution >= 4 is 0 Å². The number of nitrogens with zero attached hydrogens (tertiary/aromatic N) is 3. The molecule has 126 valence electrons. The summed E-state index contributed by atoms with van der Waals surface area (Å²) >= 11 is 0. The van der Waals surface area contributed by atoms with E-state index in [0.29, 0.717) is 36.1 Å². The molecule has 0 aliphatic carbocycles. The van der Waals surface area contributed by atoms with Crippen LogP contribution >= 0.6 is 0 Å². The fraction of sp³-hybridized carbons (Fsp3) is 1.00. The molecule has 5 unspecified atom stereocenters. The molecule has 1 aliphatic heterocycles. The van der Waals surface area contributed by atoms with Crippen molar-refractivity contribution in [3.05, 3.63) is 0 Å². The summed E-state index contributed by atoms with van der Waals surface area (Å²) in [5.41, 5.74) is 10.1. The molecule has 0 amide bonds. The van der Waals surface area contributed by atoms with Crippen molar-refractivity contribution < 1.29 is 0 Å². The van der Waals surface area contributed by atoms with Gasteiger partial charge >= 0.3 is 0 Å². The molecule has 6 heteroatoms. The molecule has 1 rings (SSSR count). The van der Waals surface area contributed by atoms with Gasteiger partial charge in [-0.15, -0.1) is 0 Å². The summed E-state index contributed by atoms with van der Waals surface area (Å²) < 4.78 is 0. The summed E-state index contributed by atoms with van der Waals surface area (Å²) in [6.07, 6.45) is 0. The monoisotopic (exact) mass is 300 g/mol. The Bertz CT molecular complexity index is 285. The Balaban J connectivity index is 3.06. The Morgan fingerprint density at radius 3 is 1.24 bits per heavy atom. The molecule has 0 aromatic heterocycles. The van der Waals surface area contributed by atoms with Crippen LogP contribution in [-0.4, -0.2) is 87.2 Å². The highest BCUT2D eigenvalue weighted by Crippen LogP contribution is 2.26. The summed E-state index contributed by atoms with van der Waals surface area (Å²) in [5, 5.41) is 0. The van der Waals surface area contributed by atoms with Crippen molar-refractivity contribution in [3.63, 3.8) is 0 Å². The Kier molecular flexibility index (Phi) is 7.03. The highest BCUT2D eigenvalue weighted by atomic mass is 15.6. The average molecular weight is 300 g/mol. The van der Waals surface area contributed by atoms with Crippen LogP contribution in [0.4, 0.5) is 0 Å². The fourth-order valence-corrected chi connectivity index (χ4v) is 3.10. The lowest BCUT2D eigenvalue weighted by molar-refractivity contribution is 0.0197. The number of hydrazine groups is 2. The lowest BCUT2D eigenvalue weighted by Crippen LogP contribution is -2.74. The number of likely N-dealkylation sites (N-methyl/N-ethyl adjacent to an activating group) is 2. The first-order valence-corrected chi connectivity index (χ1v) is 7.93. The molecule has 0 bridgehead atoms. The molecular formula is C15H36N6. The van der Waals surface area contributed by atoms with Gasteiger partial charge in [0.1, 0.15) is 0 Å². The van der Waals surface area contributed by atoms with Gasteiger partial charge in [-0.3, -0.25) is 0 Å². The highest BCUT2D eigenvalue weighted by molar-refractivity contribution is 5.00. The van der Waals surface area contributed by atoms with Crippen LogP contribution in [0.1, 0.15) is 20.8 Å². The number of rotatable bonds is 6. The van der Waals surface area contributed by atoms with Gasteiger partial charge in [0.05, 0.1) is 0 Å². The van der Waals surface area contributed by atoms with Gasteiger partial charge in [0, 0.05) is 36.1 Å². The van der Waals surface area contributed by atoms with Crippen LogP contribution in [0.2, 0.25) is 0 Å². The third-order valence-corrected chi connectivity index (χ3v) is 5.35. The summed E-state index contributed by atoms with van der Waals surface area (Å²) in [4.78, 5) is 6.90. The Morgan fingerprint density at radius 2 is 0.952 bits per heavy atom. The molecule has 0 aromatic carbocycles. The predicted octanol–water partition coefficient (Wildman–Crippen LogP) is -0.197. The molecular weight excluding hydrogens is 264 g/mol. The molecule has 0 spiro atoms. The molecule has 0 saturated carbocycles. The maximum atomic E-state index is 3.46. The standard InChI is InChI=1S/C15H36N6/c1-10(19(4)5)13-14(11(2)20(6)7)16-18-17-15(13)12(3)21(8)9/h10-18H,1-9H3. The number of nitrogens with one attached hydrogen (secondary N) is 3. The summed E-state index contributed by atoms with van der Waals surface area (Å²) in [6, 6.07) is 2.14. The summed E-state index contributed by atoms with van der Waals surface area (Å²) in [7, 11) is 12.9. The second-order valence-corrected chi connectivity index (χ2v) is 7.16. The van der Waals surface area contributed by atoms with E-state index in [4.69, 9.17) is 0 Å². The Morgan fingerprint density at radius 1 is 0.619 bits per heavy atom. The van der Waals surface area contributed by atoms with Crippen LogP contribution in [0.3, 0.4) is 0 Å². The third-order valence-electron chi connectivity index (χ3n) is 5.35. The van der Waals surface area contributed by atoms with Gasteiger partial charge < -0.3 is 14.7 Å². The SMILES string of the molecule is CC(C1NNNC(C(C)N(C)C)C1C(C)N(C)C)N(C)C. The minimum Gasteiger partial charge on any atom is -0.306 e. The number of hydrogen-bond donors (Lipinski definition) is 3. The van der Waals surface area contributed by atoms with Crippen LogP contribution in [0.5, 0.6) is 0 Å². The van der Waals surface area contributed by atoms with E-state index in [0.717, 1.165) is 0 Å². The van der Waals surface area contributed by atoms with Gasteiger partial charge in [-0.25, -0.2) is 10.9 Å². The highest BCUT2D eigenvalue weighted by Gasteiger charge is 2.43. The largest absolute Gasteiger partial charge is 0.306 e. The minimum atomic E-state index is 0.381. The average Bonchev–Trinajstić information content (AvgIpc) is 2.43. The van der Waals surface area contributed by atoms with Gasteiger partial charge in [0.25, 0.3) is 0 Å². The zero-order chi connectivity index (χ0) is 16.3. The first-order chi connectivity index (χ1) is 9.68. The zero-order valence-corrected chi connectivity index (χ0v) is 15.3. The predicted molar refractivity (Wildman–Crippen MR) is 89.9 cm³/mol. The van der Waals surface area contributed by atoms with Crippen molar-refractivity contribution in [3.8, 4) is 0 Å². The van der Waals surface area contributed by atoms with Gasteiger partial charge in [0.2, 0.25) is 0 Å². The molecule has 1 saturated heterocycles. The molecule has 3 N–H and O–H groups in total. The fourth-order valence-electron chi connectivity index (χ4n) is 3.10. The van der Waals surface area contributed by atoms with Crippen LogP contribution in [0.15, 0.2) is 0 Å². The molecule has 1 fully saturated rings. The molecule has 5 atom stereocenters. The van der Waals surface area contributed by atoms with E-state index in [1.807, 2.05) is 0 Å². The van der Waals surface area contributed by atoms with Crippen LogP contribution in [0, 0.1) is 5.92 Å². The molecule has 0 radical (unpaired) electrons. The minimum absolute atomic E-state index is 0.381. The van der Waals surface area contributed by atoms with Crippen molar-refractivity contribution in [2.45, 2.75) is 51.0 Å². The van der Waals surface area contributed by atoms with Gasteiger partial charge in [-0.2, -0.15) is 5.53 Å². The van der Waals surface area contributed by atoms with E-state index >= 15 is 0 Å². The second kappa shape index (κ2) is 7.85. The maximum Gasteiger partial charge on any atom is 0.0437 e. The molecule has 21 heavy (non-hydrogen) atoms. The van der Waals surface area contributed by atoms with E-state index < -0.39 is 0 Å². The summed E-state index contributed by atoms with van der Waals surface area (Å²) in [6.45, 7) is 6.90. The van der Waals surface area contributed by atoms with Crippen LogP contribution in [0.25, 0.3) is 0 Å². The van der Waals surface area contributed by atoms with Crippen molar-refractivity contribution in [1.82, 2.24) is 31.1 Å². The van der Waals surface area contributed by atoms with Gasteiger partial charge in [0.15, 0.2) is 0 Å². The van der Waals surface area contributed by atoms with Crippen LogP contribution in [-0.2, 0) is 0 Å². The second-order valence-electron chi connectivity index (χ2n) is 7.16. The lowest BCUT2D eigenvalue weighted by Gasteiger charge is -2.50. The van der Waals surface area contributed by atoms with Crippen molar-refractivity contribution in [2.24, 2.45) is 5.92 Å². The van der Waals surface area contributed by atoms with E-state index in [1.165, 1.54) is 0 Å². The van der Waals surface area contributed by atoms with Crippen LogP contribution < -0.4 is 16.4 Å².